The average molecular weight is 364 g/mol. The van der Waals surface area contributed by atoms with Crippen molar-refractivity contribution in [1.29, 1.82) is 0 Å². The lowest BCUT2D eigenvalue weighted by Gasteiger charge is -2.20. The van der Waals surface area contributed by atoms with Gasteiger partial charge in [0.2, 0.25) is 10.0 Å². The largest absolute Gasteiger partial charge is 0.330 e. The zero-order valence-corrected chi connectivity index (χ0v) is 14.7. The van der Waals surface area contributed by atoms with Gasteiger partial charge in [0.1, 0.15) is 0 Å². The van der Waals surface area contributed by atoms with Gasteiger partial charge < -0.3 is 5.73 Å². The first-order valence-corrected chi connectivity index (χ1v) is 8.72. The number of hydrogen-bond acceptors (Lipinski definition) is 5. The molecule has 2 atom stereocenters. The number of aryl methyl sites for hydroxylation is 1. The Morgan fingerprint density at radius 1 is 1.35 bits per heavy atom. The number of benzene rings is 1. The van der Waals surface area contributed by atoms with Gasteiger partial charge >= 0.3 is 0 Å². The van der Waals surface area contributed by atoms with Crippen LogP contribution in [0.3, 0.4) is 0 Å². The predicted molar refractivity (Wildman–Crippen MR) is 90.3 cm³/mol. The van der Waals surface area contributed by atoms with Crippen molar-refractivity contribution in [3.8, 4) is 0 Å². The second kappa shape index (κ2) is 7.57. The van der Waals surface area contributed by atoms with Gasteiger partial charge in [-0.05, 0) is 50.3 Å². The zero-order chi connectivity index (χ0) is 16.5. The summed E-state index contributed by atoms with van der Waals surface area (Å²) in [7, 11) is -3.81. The number of nitrogens with zero attached hydrogens (tertiary/aromatic N) is 1. The summed E-state index contributed by atoms with van der Waals surface area (Å²) in [5.74, 6) is 0.120. The molecule has 1 saturated carbocycles. The van der Waals surface area contributed by atoms with Crippen LogP contribution in [0.2, 0.25) is 0 Å². The molecule has 1 aromatic carbocycles. The molecule has 2 rings (SSSR count). The number of non-ortho nitro benzene ring substituents is 1. The van der Waals surface area contributed by atoms with E-state index in [4.69, 9.17) is 5.73 Å². The van der Waals surface area contributed by atoms with Crippen LogP contribution in [-0.2, 0) is 10.0 Å². The van der Waals surface area contributed by atoms with Gasteiger partial charge in [0.05, 0.1) is 9.82 Å². The van der Waals surface area contributed by atoms with E-state index in [0.717, 1.165) is 25.3 Å². The van der Waals surface area contributed by atoms with E-state index >= 15 is 0 Å². The first kappa shape index (κ1) is 19.8. The Morgan fingerprint density at radius 2 is 2.00 bits per heavy atom. The molecular formula is C14H22ClN3O4S. The van der Waals surface area contributed by atoms with E-state index in [1.165, 1.54) is 6.07 Å². The molecule has 1 aliphatic carbocycles. The van der Waals surface area contributed by atoms with Crippen molar-refractivity contribution in [3.05, 3.63) is 33.4 Å². The highest BCUT2D eigenvalue weighted by molar-refractivity contribution is 7.89. The summed E-state index contributed by atoms with van der Waals surface area (Å²) in [6.45, 7) is 3.75. The Morgan fingerprint density at radius 3 is 2.57 bits per heavy atom. The average Bonchev–Trinajstić information content (AvgIpc) is 2.87. The molecule has 0 heterocycles. The minimum absolute atomic E-state index is 0. The summed E-state index contributed by atoms with van der Waals surface area (Å²) in [4.78, 5) is 10.4. The van der Waals surface area contributed by atoms with Crippen molar-refractivity contribution in [2.24, 2.45) is 11.7 Å². The number of hydrogen-bond donors (Lipinski definition) is 2. The third-order valence-electron chi connectivity index (χ3n) is 4.37. The summed E-state index contributed by atoms with van der Waals surface area (Å²) in [6, 6.07) is 2.30. The van der Waals surface area contributed by atoms with Gasteiger partial charge in [0.25, 0.3) is 5.69 Å². The molecule has 2 unspecified atom stereocenters. The van der Waals surface area contributed by atoms with Crippen molar-refractivity contribution in [1.82, 2.24) is 4.72 Å². The van der Waals surface area contributed by atoms with E-state index in [0.29, 0.717) is 17.7 Å². The molecule has 3 N–H and O–H groups in total. The highest BCUT2D eigenvalue weighted by Gasteiger charge is 2.31. The Labute approximate surface area is 142 Å². The van der Waals surface area contributed by atoms with E-state index in [2.05, 4.69) is 4.72 Å². The molecule has 1 aliphatic rings. The lowest BCUT2D eigenvalue weighted by atomic mass is 10.1. The van der Waals surface area contributed by atoms with Crippen LogP contribution in [0, 0.1) is 29.9 Å². The molecule has 23 heavy (non-hydrogen) atoms. The number of nitro benzene ring substituents is 1. The normalized spacial score (nSPS) is 21.0. The van der Waals surface area contributed by atoms with Crippen molar-refractivity contribution >= 4 is 28.1 Å². The molecular weight excluding hydrogens is 342 g/mol. The Kier molecular flexibility index (Phi) is 6.52. The van der Waals surface area contributed by atoms with Crippen LogP contribution in [-0.4, -0.2) is 25.9 Å². The SMILES string of the molecule is Cc1cc([N+](=O)[O-])cc(S(=O)(=O)NC2CCCC2CN)c1C.Cl. The number of nitrogens with one attached hydrogen (secondary N) is 1. The van der Waals surface area contributed by atoms with Crippen LogP contribution in [0.4, 0.5) is 5.69 Å². The van der Waals surface area contributed by atoms with E-state index in [-0.39, 0.29) is 34.9 Å². The van der Waals surface area contributed by atoms with Crippen LogP contribution >= 0.6 is 12.4 Å². The number of nitrogens with two attached hydrogens (primary N) is 1. The van der Waals surface area contributed by atoms with Gasteiger partial charge in [-0.1, -0.05) is 6.42 Å². The predicted octanol–water partition coefficient (Wildman–Crippen LogP) is 2.04. The first-order valence-electron chi connectivity index (χ1n) is 7.24. The van der Waals surface area contributed by atoms with Crippen LogP contribution in [0.5, 0.6) is 0 Å². The third kappa shape index (κ3) is 4.20. The molecule has 130 valence electrons. The van der Waals surface area contributed by atoms with Crippen molar-refractivity contribution < 1.29 is 13.3 Å². The lowest BCUT2D eigenvalue weighted by molar-refractivity contribution is -0.385. The maximum Gasteiger partial charge on any atom is 0.271 e. The topological polar surface area (TPSA) is 115 Å². The van der Waals surface area contributed by atoms with E-state index in [1.807, 2.05) is 0 Å². The molecule has 7 nitrogen and oxygen atoms in total. The fourth-order valence-corrected chi connectivity index (χ4v) is 4.61. The summed E-state index contributed by atoms with van der Waals surface area (Å²) in [5.41, 5.74) is 6.57. The molecule has 0 bridgehead atoms. The molecule has 0 radical (unpaired) electrons. The quantitative estimate of drug-likeness (QED) is 0.613. The fraction of sp³-hybridized carbons (Fsp3) is 0.571. The van der Waals surface area contributed by atoms with Crippen LogP contribution in [0.1, 0.15) is 30.4 Å². The minimum atomic E-state index is -3.81. The summed E-state index contributed by atoms with van der Waals surface area (Å²) in [6.07, 6.45) is 2.58. The highest BCUT2D eigenvalue weighted by Crippen LogP contribution is 2.29. The summed E-state index contributed by atoms with van der Waals surface area (Å²) >= 11 is 0. The highest BCUT2D eigenvalue weighted by atomic mass is 35.5. The zero-order valence-electron chi connectivity index (χ0n) is 13.1. The molecule has 1 fully saturated rings. The maximum absolute atomic E-state index is 12.6. The summed E-state index contributed by atoms with van der Waals surface area (Å²) < 4.78 is 27.9. The number of halogens is 1. The number of sulfonamides is 1. The van der Waals surface area contributed by atoms with Crippen molar-refractivity contribution in [2.45, 2.75) is 44.0 Å². The van der Waals surface area contributed by atoms with Crippen molar-refractivity contribution in [2.75, 3.05) is 6.54 Å². The molecule has 9 heteroatoms. The lowest BCUT2D eigenvalue weighted by Crippen LogP contribution is -2.40. The molecule has 0 aromatic heterocycles. The molecule has 0 saturated heterocycles. The molecule has 0 aliphatic heterocycles. The number of nitro groups is 1. The Bertz CT molecular complexity index is 694. The van der Waals surface area contributed by atoms with Crippen LogP contribution in [0.15, 0.2) is 17.0 Å². The smallest absolute Gasteiger partial charge is 0.271 e. The minimum Gasteiger partial charge on any atom is -0.330 e. The Balaban J connectivity index is 0.00000264. The fourth-order valence-electron chi connectivity index (χ4n) is 2.93. The van der Waals surface area contributed by atoms with Gasteiger partial charge in [-0.15, -0.1) is 12.4 Å². The Hall–Kier alpha value is -1.22. The van der Waals surface area contributed by atoms with Crippen molar-refractivity contribution in [3.63, 3.8) is 0 Å². The van der Waals surface area contributed by atoms with Gasteiger partial charge in [0.15, 0.2) is 0 Å². The molecule has 0 amide bonds. The second-order valence-corrected chi connectivity index (χ2v) is 7.48. The van der Waals surface area contributed by atoms with E-state index < -0.39 is 14.9 Å². The monoisotopic (exact) mass is 363 g/mol. The second-order valence-electron chi connectivity index (χ2n) is 5.80. The first-order chi connectivity index (χ1) is 10.3. The van der Waals surface area contributed by atoms with Crippen LogP contribution < -0.4 is 10.5 Å². The van der Waals surface area contributed by atoms with Gasteiger partial charge in [-0.25, -0.2) is 13.1 Å². The van der Waals surface area contributed by atoms with Crippen LogP contribution in [0.25, 0.3) is 0 Å². The van der Waals surface area contributed by atoms with Gasteiger partial charge in [-0.2, -0.15) is 0 Å². The van der Waals surface area contributed by atoms with E-state index in [9.17, 15) is 18.5 Å². The standard InChI is InChI=1S/C14H21N3O4S.ClH/c1-9-6-12(17(18)19)7-14(10(9)2)22(20,21)16-13-5-3-4-11(13)8-15;/h6-7,11,13,16H,3-5,8,15H2,1-2H3;1H. The number of rotatable bonds is 5. The molecule has 1 aromatic rings. The third-order valence-corrected chi connectivity index (χ3v) is 5.99. The van der Waals surface area contributed by atoms with E-state index in [1.54, 1.807) is 13.8 Å². The van der Waals surface area contributed by atoms with Gasteiger partial charge in [-0.3, -0.25) is 10.1 Å². The maximum atomic E-state index is 12.6. The summed E-state index contributed by atoms with van der Waals surface area (Å²) in [5, 5.41) is 11.0. The molecule has 0 spiro atoms. The van der Waals surface area contributed by atoms with Gasteiger partial charge in [0, 0.05) is 18.2 Å².